The van der Waals surface area contributed by atoms with Gasteiger partial charge in [0, 0.05) is 0 Å². The second kappa shape index (κ2) is 33.7. The highest BCUT2D eigenvalue weighted by Crippen LogP contribution is 2.47. The van der Waals surface area contributed by atoms with E-state index >= 15 is 0 Å². The molecule has 0 bridgehead atoms. The van der Waals surface area contributed by atoms with Crippen molar-refractivity contribution in [2.45, 2.75) is 249 Å². The molecule has 13 nitrogen and oxygen atoms in total. The standard InChI is InChI=1S/C43H84NO12P/c1-3-5-7-9-11-12-13-14-15-16-17-18-19-20-21-22-23-25-26-28-30-34(45)32-37(47)44-35(36(46)31-29-27-24-10-8-6-4-2)33-55-57(53,54)56-43-41(51)39(49)38(48)40(50)42(43)52/h19-20,34-36,38-43,45-46,48-52H,3-18,21-33H2,1-2H3,(H,44,47)(H,53,54)/b20-19-. The number of aliphatic hydroxyl groups is 7. The van der Waals surface area contributed by atoms with Crippen molar-refractivity contribution in [2.24, 2.45) is 0 Å². The summed E-state index contributed by atoms with van der Waals surface area (Å²) in [5.74, 6) is -0.568. The molecule has 8 unspecified atom stereocenters. The summed E-state index contributed by atoms with van der Waals surface area (Å²) in [4.78, 5) is 23.3. The van der Waals surface area contributed by atoms with E-state index in [1.165, 1.54) is 70.6 Å². The molecule has 338 valence electrons. The van der Waals surface area contributed by atoms with Gasteiger partial charge in [-0.25, -0.2) is 4.57 Å². The summed E-state index contributed by atoms with van der Waals surface area (Å²) in [6, 6.07) is -1.15. The van der Waals surface area contributed by atoms with Gasteiger partial charge in [-0.1, -0.05) is 161 Å². The molecule has 0 aromatic heterocycles. The number of unbranched alkanes of at least 4 members (excludes halogenated alkanes) is 22. The predicted octanol–water partition coefficient (Wildman–Crippen LogP) is 7.03. The van der Waals surface area contributed by atoms with Crippen molar-refractivity contribution in [3.8, 4) is 0 Å². The quantitative estimate of drug-likeness (QED) is 0.0175. The third-order valence-electron chi connectivity index (χ3n) is 11.1. The lowest BCUT2D eigenvalue weighted by atomic mass is 9.85. The number of carbonyl (C=O) groups is 1. The van der Waals surface area contributed by atoms with Gasteiger partial charge in [0.25, 0.3) is 0 Å². The van der Waals surface area contributed by atoms with Crippen molar-refractivity contribution >= 4 is 13.7 Å². The van der Waals surface area contributed by atoms with Gasteiger partial charge in [0.05, 0.1) is 31.3 Å². The minimum atomic E-state index is -5.10. The molecule has 0 aliphatic heterocycles. The summed E-state index contributed by atoms with van der Waals surface area (Å²) in [6.45, 7) is 3.71. The van der Waals surface area contributed by atoms with Crippen LogP contribution < -0.4 is 5.32 Å². The molecule has 0 spiro atoms. The Balaban J connectivity index is 2.40. The maximum Gasteiger partial charge on any atom is 0.472 e. The van der Waals surface area contributed by atoms with Crippen LogP contribution in [0.3, 0.4) is 0 Å². The molecule has 0 aromatic carbocycles. The summed E-state index contributed by atoms with van der Waals surface area (Å²) < 4.78 is 22.8. The Labute approximate surface area is 344 Å². The minimum absolute atomic E-state index is 0.226. The number of amides is 1. The lowest BCUT2D eigenvalue weighted by Gasteiger charge is -2.41. The number of nitrogens with one attached hydrogen (secondary N) is 1. The summed E-state index contributed by atoms with van der Waals surface area (Å²) >= 11 is 0. The maximum absolute atomic E-state index is 12.9. The highest BCUT2D eigenvalue weighted by Gasteiger charge is 2.51. The Bertz CT molecular complexity index is 1040. The van der Waals surface area contributed by atoms with E-state index in [0.29, 0.717) is 12.8 Å². The lowest BCUT2D eigenvalue weighted by molar-refractivity contribution is -0.220. The van der Waals surface area contributed by atoms with E-state index in [2.05, 4.69) is 31.3 Å². The number of rotatable bonds is 37. The summed E-state index contributed by atoms with van der Waals surface area (Å²) in [6.07, 6.45) is 20.3. The van der Waals surface area contributed by atoms with E-state index in [0.717, 1.165) is 83.5 Å². The third kappa shape index (κ3) is 26.1. The molecule has 0 radical (unpaired) electrons. The lowest BCUT2D eigenvalue weighted by Crippen LogP contribution is -2.64. The van der Waals surface area contributed by atoms with Crippen LogP contribution in [0.15, 0.2) is 12.2 Å². The third-order valence-corrected chi connectivity index (χ3v) is 12.1. The average molecular weight is 838 g/mol. The summed E-state index contributed by atoms with van der Waals surface area (Å²) in [5, 5.41) is 74.2. The molecule has 0 heterocycles. The van der Waals surface area contributed by atoms with Crippen LogP contribution in [0.1, 0.15) is 194 Å². The first kappa shape index (κ1) is 54.1. The van der Waals surface area contributed by atoms with Gasteiger partial charge in [-0.2, -0.15) is 0 Å². The van der Waals surface area contributed by atoms with E-state index in [1.807, 2.05) is 0 Å². The van der Waals surface area contributed by atoms with Crippen LogP contribution >= 0.6 is 7.82 Å². The van der Waals surface area contributed by atoms with Gasteiger partial charge in [-0.15, -0.1) is 0 Å². The fourth-order valence-corrected chi connectivity index (χ4v) is 8.32. The SMILES string of the molecule is CCCCCCCCCCCCC/C=C\CCCCCCCC(O)CC(=O)NC(COP(=O)(O)OC1C(O)C(O)C(O)C(O)C1O)C(O)CCCCCCCCC. The molecule has 0 saturated heterocycles. The normalized spacial score (nSPS) is 24.0. The molecule has 9 N–H and O–H groups in total. The molecule has 1 aliphatic carbocycles. The Morgan fingerprint density at radius 1 is 0.596 bits per heavy atom. The van der Waals surface area contributed by atoms with Crippen molar-refractivity contribution in [3.05, 3.63) is 12.2 Å². The zero-order valence-electron chi connectivity index (χ0n) is 35.5. The topological polar surface area (TPSA) is 226 Å². The predicted molar refractivity (Wildman–Crippen MR) is 224 cm³/mol. The minimum Gasteiger partial charge on any atom is -0.393 e. The van der Waals surface area contributed by atoms with E-state index in [-0.39, 0.29) is 12.8 Å². The number of hydrogen-bond acceptors (Lipinski definition) is 11. The van der Waals surface area contributed by atoms with Crippen LogP contribution in [-0.4, -0.2) is 108 Å². The second-order valence-electron chi connectivity index (χ2n) is 16.4. The number of carbonyl (C=O) groups excluding carboxylic acids is 1. The van der Waals surface area contributed by atoms with E-state index < -0.39 is 75.2 Å². The zero-order valence-corrected chi connectivity index (χ0v) is 36.4. The van der Waals surface area contributed by atoms with Crippen molar-refractivity contribution in [1.29, 1.82) is 0 Å². The van der Waals surface area contributed by atoms with Gasteiger partial charge in [0.2, 0.25) is 5.91 Å². The van der Waals surface area contributed by atoms with Crippen molar-refractivity contribution in [1.82, 2.24) is 5.32 Å². The molecule has 8 atom stereocenters. The molecular formula is C43H84NO12P. The van der Waals surface area contributed by atoms with Gasteiger partial charge in [0.1, 0.15) is 36.6 Å². The average Bonchev–Trinajstić information content (AvgIpc) is 3.18. The fraction of sp³-hybridized carbons (Fsp3) is 0.930. The summed E-state index contributed by atoms with van der Waals surface area (Å²) in [5.41, 5.74) is 0. The first-order chi connectivity index (χ1) is 27.3. The largest absolute Gasteiger partial charge is 0.472 e. The van der Waals surface area contributed by atoms with Gasteiger partial charge >= 0.3 is 7.82 Å². The van der Waals surface area contributed by atoms with E-state index in [4.69, 9.17) is 9.05 Å². The number of allylic oxidation sites excluding steroid dienone is 2. The monoisotopic (exact) mass is 838 g/mol. The van der Waals surface area contributed by atoms with E-state index in [9.17, 15) is 50.0 Å². The fourth-order valence-electron chi connectivity index (χ4n) is 7.36. The molecule has 1 amide bonds. The van der Waals surface area contributed by atoms with Crippen molar-refractivity contribution in [2.75, 3.05) is 6.61 Å². The van der Waals surface area contributed by atoms with Gasteiger partial charge < -0.3 is 46.0 Å². The number of phosphoric acid groups is 1. The molecule has 14 heteroatoms. The molecule has 0 aromatic rings. The zero-order chi connectivity index (χ0) is 42.3. The summed E-state index contributed by atoms with van der Waals surface area (Å²) in [7, 11) is -5.10. The first-order valence-electron chi connectivity index (χ1n) is 22.7. The van der Waals surface area contributed by atoms with E-state index in [1.54, 1.807) is 0 Å². The molecule has 1 saturated carbocycles. The molecule has 1 aliphatic rings. The van der Waals surface area contributed by atoms with Crippen molar-refractivity contribution < 1.29 is 59.0 Å². The van der Waals surface area contributed by atoms with Gasteiger partial charge in [-0.05, 0) is 38.5 Å². The highest BCUT2D eigenvalue weighted by atomic mass is 31.2. The molecule has 57 heavy (non-hydrogen) atoms. The molecular weight excluding hydrogens is 753 g/mol. The Kier molecular flexibility index (Phi) is 32.0. The van der Waals surface area contributed by atoms with Crippen LogP contribution in [0.4, 0.5) is 0 Å². The number of phosphoric ester groups is 1. The number of aliphatic hydroxyl groups excluding tert-OH is 7. The Morgan fingerprint density at radius 3 is 1.44 bits per heavy atom. The van der Waals surface area contributed by atoms with Gasteiger partial charge in [-0.3, -0.25) is 13.8 Å². The van der Waals surface area contributed by atoms with Crippen LogP contribution in [0, 0.1) is 0 Å². The maximum atomic E-state index is 12.9. The Hall–Kier alpha value is -0.960. The van der Waals surface area contributed by atoms with Crippen molar-refractivity contribution in [3.63, 3.8) is 0 Å². The molecule has 1 rings (SSSR count). The van der Waals surface area contributed by atoms with Crippen LogP contribution in [0.25, 0.3) is 0 Å². The smallest absolute Gasteiger partial charge is 0.393 e. The Morgan fingerprint density at radius 2 is 0.982 bits per heavy atom. The second-order valence-corrected chi connectivity index (χ2v) is 17.8. The van der Waals surface area contributed by atoms with Crippen LogP contribution in [0.2, 0.25) is 0 Å². The van der Waals surface area contributed by atoms with Crippen LogP contribution in [0.5, 0.6) is 0 Å². The van der Waals surface area contributed by atoms with Crippen LogP contribution in [-0.2, 0) is 18.4 Å². The first-order valence-corrected chi connectivity index (χ1v) is 24.2. The van der Waals surface area contributed by atoms with Gasteiger partial charge in [0.15, 0.2) is 0 Å². The highest BCUT2D eigenvalue weighted by molar-refractivity contribution is 7.47. The molecule has 1 fully saturated rings. The number of hydrogen-bond donors (Lipinski definition) is 9.